The molecule has 1 heterocycles. The smallest absolute Gasteiger partial charge is 0.354 e. The molecule has 0 saturated heterocycles. The van der Waals surface area contributed by atoms with Gasteiger partial charge in [-0.3, -0.25) is 9.67 Å². The van der Waals surface area contributed by atoms with Crippen LogP contribution in [0.5, 0.6) is 0 Å². The van der Waals surface area contributed by atoms with Crippen molar-refractivity contribution in [1.82, 2.24) is 20.4 Å². The first-order chi connectivity index (χ1) is 12.3. The third kappa shape index (κ3) is 4.92. The Balaban J connectivity index is 1.99. The molecule has 8 heteroatoms. The number of hydrogen-bond acceptors (Lipinski definition) is 2. The predicted octanol–water partition coefficient (Wildman–Crippen LogP) is 3.33. The Labute approximate surface area is 153 Å². The van der Waals surface area contributed by atoms with E-state index in [9.17, 15) is 13.2 Å². The number of hydrogen-bond donors (Lipinski definition) is 2. The molecule has 0 aromatic carbocycles. The molecular weight excluding hydrogens is 343 g/mol. The van der Waals surface area contributed by atoms with E-state index in [1.54, 1.807) is 7.05 Å². The van der Waals surface area contributed by atoms with E-state index < -0.39 is 12.1 Å². The van der Waals surface area contributed by atoms with Gasteiger partial charge in [0, 0.05) is 37.9 Å². The molecule has 0 spiro atoms. The van der Waals surface area contributed by atoms with Crippen LogP contribution in [0, 0.1) is 5.92 Å². The van der Waals surface area contributed by atoms with E-state index in [1.807, 2.05) is 11.7 Å². The maximum Gasteiger partial charge on any atom is 0.391 e. The van der Waals surface area contributed by atoms with Gasteiger partial charge in [-0.15, -0.1) is 0 Å². The van der Waals surface area contributed by atoms with Crippen LogP contribution in [0.25, 0.3) is 0 Å². The van der Waals surface area contributed by atoms with Crippen molar-refractivity contribution < 1.29 is 13.2 Å². The fraction of sp³-hybridized carbons (Fsp3) is 0.778. The Hall–Kier alpha value is -1.73. The van der Waals surface area contributed by atoms with Crippen molar-refractivity contribution in [3.63, 3.8) is 0 Å². The molecule has 2 rings (SSSR count). The Kier molecular flexibility index (Phi) is 6.94. The highest BCUT2D eigenvalue weighted by Gasteiger charge is 2.42. The average molecular weight is 373 g/mol. The molecule has 1 aliphatic rings. The van der Waals surface area contributed by atoms with E-state index in [-0.39, 0.29) is 18.9 Å². The van der Waals surface area contributed by atoms with Crippen molar-refractivity contribution in [3.05, 3.63) is 17.0 Å². The van der Waals surface area contributed by atoms with Crippen LogP contribution in [0.1, 0.15) is 56.5 Å². The maximum atomic E-state index is 13.0. The van der Waals surface area contributed by atoms with E-state index in [0.29, 0.717) is 18.9 Å². The number of nitrogens with one attached hydrogen (secondary N) is 2. The summed E-state index contributed by atoms with van der Waals surface area (Å²) in [4.78, 5) is 4.19. The quantitative estimate of drug-likeness (QED) is 0.615. The summed E-state index contributed by atoms with van der Waals surface area (Å²) >= 11 is 0. The molecule has 2 unspecified atom stereocenters. The Morgan fingerprint density at radius 2 is 2.00 bits per heavy atom. The minimum Gasteiger partial charge on any atom is -0.354 e. The van der Waals surface area contributed by atoms with Crippen LogP contribution in [0.2, 0.25) is 0 Å². The first-order valence-electron chi connectivity index (χ1n) is 9.37. The third-order valence-electron chi connectivity index (χ3n) is 5.16. The summed E-state index contributed by atoms with van der Waals surface area (Å²) in [6, 6.07) is -0.202. The standard InChI is InChI=1S/C18H30F3N5/c1-5-15-14(16(6-2)26(4)25-15)11-23-17(22-3)24-13-9-7-8-12(10-13)18(19,20)21/h12-13H,5-11H2,1-4H3,(H2,22,23,24). The van der Waals surface area contributed by atoms with Gasteiger partial charge in [-0.05, 0) is 32.1 Å². The van der Waals surface area contributed by atoms with Gasteiger partial charge in [-0.2, -0.15) is 18.3 Å². The van der Waals surface area contributed by atoms with Crippen molar-refractivity contribution >= 4 is 5.96 Å². The lowest BCUT2D eigenvalue weighted by molar-refractivity contribution is -0.183. The van der Waals surface area contributed by atoms with Crippen LogP contribution in [-0.2, 0) is 26.4 Å². The molecule has 148 valence electrons. The molecular formula is C18H30F3N5. The summed E-state index contributed by atoms with van der Waals surface area (Å²) in [5.41, 5.74) is 3.36. The molecule has 1 saturated carbocycles. The van der Waals surface area contributed by atoms with Crippen LogP contribution in [-0.4, -0.2) is 35.0 Å². The normalized spacial score (nSPS) is 21.7. The van der Waals surface area contributed by atoms with Crippen LogP contribution >= 0.6 is 0 Å². The molecule has 1 aliphatic carbocycles. The van der Waals surface area contributed by atoms with E-state index in [2.05, 4.69) is 34.6 Å². The number of aliphatic imine (C=N–C) groups is 1. The van der Waals surface area contributed by atoms with Crippen molar-refractivity contribution in [2.45, 2.75) is 71.1 Å². The fourth-order valence-electron chi connectivity index (χ4n) is 3.77. The zero-order valence-electron chi connectivity index (χ0n) is 16.1. The first-order valence-corrected chi connectivity index (χ1v) is 9.37. The van der Waals surface area contributed by atoms with Crippen LogP contribution < -0.4 is 10.6 Å². The van der Waals surface area contributed by atoms with E-state index >= 15 is 0 Å². The zero-order valence-corrected chi connectivity index (χ0v) is 16.1. The molecule has 2 N–H and O–H groups in total. The van der Waals surface area contributed by atoms with Gasteiger partial charge < -0.3 is 10.6 Å². The number of nitrogens with zero attached hydrogens (tertiary/aromatic N) is 3. The largest absolute Gasteiger partial charge is 0.391 e. The van der Waals surface area contributed by atoms with Gasteiger partial charge in [0.05, 0.1) is 11.6 Å². The lowest BCUT2D eigenvalue weighted by Gasteiger charge is -2.31. The van der Waals surface area contributed by atoms with Gasteiger partial charge in [0.25, 0.3) is 0 Å². The van der Waals surface area contributed by atoms with Gasteiger partial charge in [-0.25, -0.2) is 0 Å². The molecule has 0 radical (unpaired) electrons. The molecule has 2 atom stereocenters. The fourth-order valence-corrected chi connectivity index (χ4v) is 3.77. The second kappa shape index (κ2) is 8.77. The van der Waals surface area contributed by atoms with Gasteiger partial charge in [0.15, 0.2) is 5.96 Å². The van der Waals surface area contributed by atoms with Crippen molar-refractivity contribution in [2.24, 2.45) is 18.0 Å². The Bertz CT molecular complexity index is 621. The topological polar surface area (TPSA) is 54.2 Å². The van der Waals surface area contributed by atoms with Gasteiger partial charge >= 0.3 is 6.18 Å². The summed E-state index contributed by atoms with van der Waals surface area (Å²) in [5, 5.41) is 11.0. The summed E-state index contributed by atoms with van der Waals surface area (Å²) in [5.74, 6) is -0.672. The number of halogens is 3. The van der Waals surface area contributed by atoms with E-state index in [4.69, 9.17) is 0 Å². The van der Waals surface area contributed by atoms with Gasteiger partial charge in [0.1, 0.15) is 0 Å². The molecule has 5 nitrogen and oxygen atoms in total. The molecule has 0 bridgehead atoms. The third-order valence-corrected chi connectivity index (χ3v) is 5.16. The van der Waals surface area contributed by atoms with Crippen molar-refractivity contribution in [2.75, 3.05) is 7.05 Å². The number of aryl methyl sites for hydroxylation is 2. The van der Waals surface area contributed by atoms with Crippen molar-refractivity contribution in [1.29, 1.82) is 0 Å². The number of aromatic nitrogens is 2. The highest BCUT2D eigenvalue weighted by atomic mass is 19.4. The lowest BCUT2D eigenvalue weighted by Crippen LogP contribution is -2.46. The van der Waals surface area contributed by atoms with Gasteiger partial charge in [-0.1, -0.05) is 20.3 Å². The van der Waals surface area contributed by atoms with Crippen molar-refractivity contribution in [3.8, 4) is 0 Å². The number of alkyl halides is 3. The minimum absolute atomic E-state index is 0.109. The molecule has 1 fully saturated rings. The van der Waals surface area contributed by atoms with E-state index in [1.165, 1.54) is 5.69 Å². The first kappa shape index (κ1) is 20.6. The van der Waals surface area contributed by atoms with Crippen LogP contribution in [0.3, 0.4) is 0 Å². The van der Waals surface area contributed by atoms with Crippen LogP contribution in [0.4, 0.5) is 13.2 Å². The second-order valence-electron chi connectivity index (χ2n) is 6.87. The highest BCUT2D eigenvalue weighted by Crippen LogP contribution is 2.37. The predicted molar refractivity (Wildman–Crippen MR) is 97.1 cm³/mol. The number of rotatable bonds is 5. The lowest BCUT2D eigenvalue weighted by atomic mass is 9.85. The molecule has 1 aromatic heterocycles. The minimum atomic E-state index is -4.11. The average Bonchev–Trinajstić information content (AvgIpc) is 2.92. The van der Waals surface area contributed by atoms with E-state index in [0.717, 1.165) is 30.5 Å². The highest BCUT2D eigenvalue weighted by molar-refractivity contribution is 5.80. The monoisotopic (exact) mass is 373 g/mol. The summed E-state index contributed by atoms with van der Waals surface area (Å²) in [6.45, 7) is 4.72. The van der Waals surface area contributed by atoms with Gasteiger partial charge in [0.2, 0.25) is 0 Å². The molecule has 0 aliphatic heterocycles. The second-order valence-corrected chi connectivity index (χ2v) is 6.87. The Morgan fingerprint density at radius 1 is 1.27 bits per heavy atom. The molecule has 26 heavy (non-hydrogen) atoms. The maximum absolute atomic E-state index is 13.0. The summed E-state index contributed by atoms with van der Waals surface area (Å²) in [7, 11) is 3.58. The molecule has 1 aromatic rings. The SMILES string of the molecule is CCc1nn(C)c(CC)c1CNC(=NC)NC1CCCC(C(F)(F)F)C1. The Morgan fingerprint density at radius 3 is 2.58 bits per heavy atom. The number of guanidine groups is 1. The zero-order chi connectivity index (χ0) is 19.3. The van der Waals surface area contributed by atoms with Crippen LogP contribution in [0.15, 0.2) is 4.99 Å². The summed E-state index contributed by atoms with van der Waals surface area (Å²) in [6.07, 6.45) is -0.739. The summed E-state index contributed by atoms with van der Waals surface area (Å²) < 4.78 is 40.9. The molecule has 0 amide bonds.